The molecule has 0 aromatic heterocycles. The van der Waals surface area contributed by atoms with Crippen molar-refractivity contribution in [3.8, 4) is 11.5 Å². The number of ether oxygens (including phenoxy) is 2. The van der Waals surface area contributed by atoms with Crippen LogP contribution in [0.3, 0.4) is 0 Å². The SMILES string of the molecule is CCC(CSC)NCC(O)COc1ccc(OC)cc1. The fourth-order valence-corrected chi connectivity index (χ4v) is 2.50. The maximum atomic E-state index is 9.90. The predicted molar refractivity (Wildman–Crippen MR) is 85.0 cm³/mol. The lowest BCUT2D eigenvalue weighted by Crippen LogP contribution is -2.39. The average Bonchev–Trinajstić information content (AvgIpc) is 2.49. The summed E-state index contributed by atoms with van der Waals surface area (Å²) in [6, 6.07) is 7.79. The van der Waals surface area contributed by atoms with Gasteiger partial charge < -0.3 is 19.9 Å². The number of aliphatic hydroxyl groups is 1. The van der Waals surface area contributed by atoms with E-state index in [1.165, 1.54) is 0 Å². The summed E-state index contributed by atoms with van der Waals surface area (Å²) in [4.78, 5) is 0. The monoisotopic (exact) mass is 299 g/mol. The minimum Gasteiger partial charge on any atom is -0.497 e. The van der Waals surface area contributed by atoms with Crippen molar-refractivity contribution in [1.29, 1.82) is 0 Å². The van der Waals surface area contributed by atoms with Crippen LogP contribution in [0.2, 0.25) is 0 Å². The topological polar surface area (TPSA) is 50.7 Å². The van der Waals surface area contributed by atoms with Gasteiger partial charge in [-0.05, 0) is 36.9 Å². The fraction of sp³-hybridized carbons (Fsp3) is 0.600. The van der Waals surface area contributed by atoms with Gasteiger partial charge in [0.15, 0.2) is 0 Å². The summed E-state index contributed by atoms with van der Waals surface area (Å²) in [7, 11) is 1.63. The Morgan fingerprint density at radius 1 is 1.25 bits per heavy atom. The predicted octanol–water partition coefficient (Wildman–Crippen LogP) is 2.17. The van der Waals surface area contributed by atoms with Gasteiger partial charge in [-0.1, -0.05) is 6.92 Å². The second kappa shape index (κ2) is 9.91. The largest absolute Gasteiger partial charge is 0.497 e. The summed E-state index contributed by atoms with van der Waals surface area (Å²) in [5.74, 6) is 2.59. The minimum atomic E-state index is -0.506. The zero-order valence-electron chi connectivity index (χ0n) is 12.5. The van der Waals surface area contributed by atoms with E-state index in [4.69, 9.17) is 9.47 Å². The molecule has 2 atom stereocenters. The maximum Gasteiger partial charge on any atom is 0.119 e. The molecule has 0 radical (unpaired) electrons. The Hall–Kier alpha value is -0.910. The zero-order valence-corrected chi connectivity index (χ0v) is 13.3. The molecule has 20 heavy (non-hydrogen) atoms. The van der Waals surface area contributed by atoms with Gasteiger partial charge >= 0.3 is 0 Å². The van der Waals surface area contributed by atoms with Crippen molar-refractivity contribution in [2.24, 2.45) is 0 Å². The van der Waals surface area contributed by atoms with Gasteiger partial charge in [0.05, 0.1) is 7.11 Å². The molecule has 5 heteroatoms. The Morgan fingerprint density at radius 2 is 1.90 bits per heavy atom. The van der Waals surface area contributed by atoms with E-state index < -0.39 is 6.10 Å². The smallest absolute Gasteiger partial charge is 0.119 e. The molecule has 1 aromatic rings. The van der Waals surface area contributed by atoms with Gasteiger partial charge in [-0.3, -0.25) is 0 Å². The van der Waals surface area contributed by atoms with Crippen molar-refractivity contribution >= 4 is 11.8 Å². The molecule has 2 N–H and O–H groups in total. The van der Waals surface area contributed by atoms with E-state index in [-0.39, 0.29) is 6.61 Å². The molecule has 0 aliphatic carbocycles. The number of methoxy groups -OCH3 is 1. The van der Waals surface area contributed by atoms with Crippen LogP contribution in [0.25, 0.3) is 0 Å². The van der Waals surface area contributed by atoms with Crippen molar-refractivity contribution in [2.75, 3.05) is 32.3 Å². The van der Waals surface area contributed by atoms with Crippen molar-refractivity contribution < 1.29 is 14.6 Å². The van der Waals surface area contributed by atoms with Gasteiger partial charge in [0.25, 0.3) is 0 Å². The third-order valence-electron chi connectivity index (χ3n) is 3.00. The summed E-state index contributed by atoms with van der Waals surface area (Å²) in [6.07, 6.45) is 2.65. The minimum absolute atomic E-state index is 0.287. The van der Waals surface area contributed by atoms with E-state index in [0.29, 0.717) is 12.6 Å². The first-order valence-electron chi connectivity index (χ1n) is 6.86. The van der Waals surface area contributed by atoms with Crippen molar-refractivity contribution in [3.63, 3.8) is 0 Å². The average molecular weight is 299 g/mol. The number of nitrogens with one attached hydrogen (secondary N) is 1. The highest BCUT2D eigenvalue weighted by Crippen LogP contribution is 2.17. The molecule has 0 fully saturated rings. The second-order valence-electron chi connectivity index (χ2n) is 4.61. The lowest BCUT2D eigenvalue weighted by molar-refractivity contribution is 0.104. The lowest BCUT2D eigenvalue weighted by atomic mass is 10.2. The van der Waals surface area contributed by atoms with E-state index in [9.17, 15) is 5.11 Å². The molecule has 0 aliphatic heterocycles. The van der Waals surface area contributed by atoms with Crippen molar-refractivity contribution in [3.05, 3.63) is 24.3 Å². The molecule has 0 heterocycles. The molecular formula is C15H25NO3S. The van der Waals surface area contributed by atoms with E-state index in [0.717, 1.165) is 23.7 Å². The first kappa shape index (κ1) is 17.1. The molecule has 0 amide bonds. The standard InChI is InChI=1S/C15H25NO3S/c1-4-12(11-20-3)16-9-13(17)10-19-15-7-5-14(18-2)6-8-15/h5-8,12-13,16-17H,4,9-11H2,1-3H3. The lowest BCUT2D eigenvalue weighted by Gasteiger charge is -2.19. The van der Waals surface area contributed by atoms with E-state index in [1.807, 2.05) is 36.0 Å². The fourth-order valence-electron chi connectivity index (χ4n) is 1.75. The van der Waals surface area contributed by atoms with Crippen molar-refractivity contribution in [1.82, 2.24) is 5.32 Å². The van der Waals surface area contributed by atoms with Crippen LogP contribution in [0.4, 0.5) is 0 Å². The van der Waals surface area contributed by atoms with Crippen molar-refractivity contribution in [2.45, 2.75) is 25.5 Å². The second-order valence-corrected chi connectivity index (χ2v) is 5.52. The third-order valence-corrected chi connectivity index (χ3v) is 3.74. The summed E-state index contributed by atoms with van der Waals surface area (Å²) in [5, 5.41) is 13.3. The van der Waals surface area contributed by atoms with Crippen LogP contribution in [0.5, 0.6) is 11.5 Å². The normalized spacial score (nSPS) is 13.8. The molecule has 1 rings (SSSR count). The quantitative estimate of drug-likeness (QED) is 0.693. The van der Waals surface area contributed by atoms with Crippen LogP contribution in [-0.2, 0) is 0 Å². The number of aliphatic hydroxyl groups excluding tert-OH is 1. The van der Waals surface area contributed by atoms with Gasteiger partial charge in [-0.15, -0.1) is 0 Å². The highest BCUT2D eigenvalue weighted by molar-refractivity contribution is 7.98. The van der Waals surface area contributed by atoms with Gasteiger partial charge in [0.1, 0.15) is 24.2 Å². The maximum absolute atomic E-state index is 9.90. The Kier molecular flexibility index (Phi) is 8.49. The van der Waals surface area contributed by atoms with E-state index >= 15 is 0 Å². The molecule has 0 bridgehead atoms. The number of hydrogen-bond acceptors (Lipinski definition) is 5. The number of hydrogen-bond donors (Lipinski definition) is 2. The molecule has 0 spiro atoms. The number of thioether (sulfide) groups is 1. The molecule has 114 valence electrons. The highest BCUT2D eigenvalue weighted by atomic mass is 32.2. The van der Waals surface area contributed by atoms with Crippen LogP contribution in [0, 0.1) is 0 Å². The molecular weight excluding hydrogens is 274 g/mol. The van der Waals surface area contributed by atoms with Crippen LogP contribution in [-0.4, -0.2) is 49.5 Å². The molecule has 0 saturated heterocycles. The molecule has 0 aliphatic rings. The van der Waals surface area contributed by atoms with Crippen LogP contribution in [0.1, 0.15) is 13.3 Å². The molecule has 1 aromatic carbocycles. The van der Waals surface area contributed by atoms with Gasteiger partial charge in [0.2, 0.25) is 0 Å². The first-order valence-corrected chi connectivity index (χ1v) is 8.26. The third kappa shape index (κ3) is 6.50. The Labute approximate surface area is 125 Å². The van der Waals surface area contributed by atoms with Gasteiger partial charge in [-0.2, -0.15) is 11.8 Å². The molecule has 0 saturated carbocycles. The highest BCUT2D eigenvalue weighted by Gasteiger charge is 2.09. The Balaban J connectivity index is 2.26. The summed E-state index contributed by atoms with van der Waals surface area (Å²) in [5.41, 5.74) is 0. The Bertz CT molecular complexity index is 359. The molecule has 2 unspecified atom stereocenters. The van der Waals surface area contributed by atoms with Crippen LogP contribution >= 0.6 is 11.8 Å². The van der Waals surface area contributed by atoms with Gasteiger partial charge in [0, 0.05) is 18.3 Å². The number of benzene rings is 1. The van der Waals surface area contributed by atoms with Gasteiger partial charge in [-0.25, -0.2) is 0 Å². The van der Waals surface area contributed by atoms with Crippen LogP contribution in [0.15, 0.2) is 24.3 Å². The summed E-state index contributed by atoms with van der Waals surface area (Å²) < 4.78 is 10.6. The Morgan fingerprint density at radius 3 is 2.45 bits per heavy atom. The number of rotatable bonds is 10. The van der Waals surface area contributed by atoms with Crippen LogP contribution < -0.4 is 14.8 Å². The summed E-state index contributed by atoms with van der Waals surface area (Å²) in [6.45, 7) is 2.98. The van der Waals surface area contributed by atoms with E-state index in [2.05, 4.69) is 18.5 Å². The summed E-state index contributed by atoms with van der Waals surface area (Å²) >= 11 is 1.81. The first-order chi connectivity index (χ1) is 9.69. The zero-order chi connectivity index (χ0) is 14.8. The van der Waals surface area contributed by atoms with E-state index in [1.54, 1.807) is 7.11 Å². The molecule has 4 nitrogen and oxygen atoms in total.